The fraction of sp³-hybridized carbons (Fsp3) is 0.400. The SMILES string of the molecule is CCOC(=O)Cc1cc(N)c([N+](=O)[O-])c(C(F)F)n1. The summed E-state index contributed by atoms with van der Waals surface area (Å²) in [6.45, 7) is 1.71. The Morgan fingerprint density at radius 2 is 2.26 bits per heavy atom. The summed E-state index contributed by atoms with van der Waals surface area (Å²) >= 11 is 0. The topological polar surface area (TPSA) is 108 Å². The summed E-state index contributed by atoms with van der Waals surface area (Å²) in [7, 11) is 0. The molecule has 1 heterocycles. The number of alkyl halides is 2. The van der Waals surface area contributed by atoms with Gasteiger partial charge in [-0.25, -0.2) is 13.8 Å². The molecule has 0 aliphatic rings. The lowest BCUT2D eigenvalue weighted by atomic mass is 10.2. The summed E-state index contributed by atoms with van der Waals surface area (Å²) in [6.07, 6.45) is -3.54. The van der Waals surface area contributed by atoms with E-state index in [9.17, 15) is 23.7 Å². The van der Waals surface area contributed by atoms with Crippen LogP contribution in [0.2, 0.25) is 0 Å². The van der Waals surface area contributed by atoms with Crippen LogP contribution in [-0.4, -0.2) is 22.5 Å². The molecule has 0 spiro atoms. The van der Waals surface area contributed by atoms with Crippen LogP contribution in [0, 0.1) is 10.1 Å². The number of nitrogen functional groups attached to an aromatic ring is 1. The normalized spacial score (nSPS) is 10.5. The van der Waals surface area contributed by atoms with Crippen molar-refractivity contribution in [3.63, 3.8) is 0 Å². The van der Waals surface area contributed by atoms with E-state index in [0.29, 0.717) is 0 Å². The highest BCUT2D eigenvalue weighted by Crippen LogP contribution is 2.32. The van der Waals surface area contributed by atoms with E-state index < -0.39 is 34.4 Å². The third-order valence-electron chi connectivity index (χ3n) is 2.12. The van der Waals surface area contributed by atoms with Crippen molar-refractivity contribution in [1.29, 1.82) is 0 Å². The molecule has 0 saturated heterocycles. The molecule has 0 radical (unpaired) electrons. The van der Waals surface area contributed by atoms with E-state index in [1.165, 1.54) is 0 Å². The minimum Gasteiger partial charge on any atom is -0.466 e. The second kappa shape index (κ2) is 6.03. The van der Waals surface area contributed by atoms with Crippen molar-refractivity contribution in [2.45, 2.75) is 19.8 Å². The zero-order valence-electron chi connectivity index (χ0n) is 9.93. The number of carbonyl (C=O) groups is 1. The predicted octanol–water partition coefficient (Wildman–Crippen LogP) is 1.62. The monoisotopic (exact) mass is 275 g/mol. The number of nitrogens with zero attached hydrogens (tertiary/aromatic N) is 2. The number of nitro groups is 1. The van der Waals surface area contributed by atoms with E-state index in [-0.39, 0.29) is 18.7 Å². The van der Waals surface area contributed by atoms with Crippen LogP contribution in [-0.2, 0) is 16.0 Å². The molecule has 1 rings (SSSR count). The first-order valence-electron chi connectivity index (χ1n) is 5.24. The van der Waals surface area contributed by atoms with Crippen molar-refractivity contribution in [3.05, 3.63) is 27.6 Å². The molecule has 0 aliphatic carbocycles. The molecule has 7 nitrogen and oxygen atoms in total. The van der Waals surface area contributed by atoms with Gasteiger partial charge in [0.05, 0.1) is 23.6 Å². The van der Waals surface area contributed by atoms with Crippen LogP contribution < -0.4 is 5.73 Å². The fourth-order valence-corrected chi connectivity index (χ4v) is 1.44. The Kier molecular flexibility index (Phi) is 4.67. The smallest absolute Gasteiger partial charge is 0.319 e. The maximum Gasteiger partial charge on any atom is 0.319 e. The number of nitrogens with two attached hydrogens (primary N) is 1. The lowest BCUT2D eigenvalue weighted by Gasteiger charge is -2.07. The summed E-state index contributed by atoms with van der Waals surface area (Å²) in [4.78, 5) is 24.2. The van der Waals surface area contributed by atoms with Gasteiger partial charge in [-0.3, -0.25) is 14.9 Å². The van der Waals surface area contributed by atoms with Crippen LogP contribution in [0.4, 0.5) is 20.2 Å². The van der Waals surface area contributed by atoms with Crippen LogP contribution in [0.5, 0.6) is 0 Å². The third-order valence-corrected chi connectivity index (χ3v) is 2.12. The molecule has 2 N–H and O–H groups in total. The maximum atomic E-state index is 12.7. The molecule has 0 fully saturated rings. The molecule has 9 heteroatoms. The number of ether oxygens (including phenoxy) is 1. The predicted molar refractivity (Wildman–Crippen MR) is 60.6 cm³/mol. The van der Waals surface area contributed by atoms with Gasteiger partial charge in [-0.2, -0.15) is 0 Å². The van der Waals surface area contributed by atoms with Gasteiger partial charge in [0.25, 0.3) is 6.43 Å². The van der Waals surface area contributed by atoms with E-state index in [2.05, 4.69) is 9.72 Å². The molecule has 1 aromatic rings. The molecule has 1 aromatic heterocycles. The fourth-order valence-electron chi connectivity index (χ4n) is 1.44. The van der Waals surface area contributed by atoms with Crippen molar-refractivity contribution in [1.82, 2.24) is 4.98 Å². The van der Waals surface area contributed by atoms with E-state index in [4.69, 9.17) is 5.73 Å². The van der Waals surface area contributed by atoms with Gasteiger partial charge in [-0.15, -0.1) is 0 Å². The highest BCUT2D eigenvalue weighted by molar-refractivity contribution is 5.73. The summed E-state index contributed by atoms with van der Waals surface area (Å²) in [5, 5.41) is 10.6. The van der Waals surface area contributed by atoms with Crippen molar-refractivity contribution in [2.24, 2.45) is 0 Å². The van der Waals surface area contributed by atoms with Crippen LogP contribution in [0.25, 0.3) is 0 Å². The van der Waals surface area contributed by atoms with Gasteiger partial charge in [-0.05, 0) is 13.0 Å². The Morgan fingerprint density at radius 3 is 2.74 bits per heavy atom. The average molecular weight is 275 g/mol. The van der Waals surface area contributed by atoms with Gasteiger partial charge < -0.3 is 10.5 Å². The van der Waals surface area contributed by atoms with E-state index in [1.54, 1.807) is 6.92 Å². The first-order valence-corrected chi connectivity index (χ1v) is 5.24. The number of hydrogen-bond donors (Lipinski definition) is 1. The number of rotatable bonds is 5. The molecule has 0 aromatic carbocycles. The van der Waals surface area contributed by atoms with Crippen LogP contribution in [0.1, 0.15) is 24.7 Å². The Labute approximate surface area is 106 Å². The number of anilines is 1. The summed E-state index contributed by atoms with van der Waals surface area (Å²) < 4.78 is 30.0. The van der Waals surface area contributed by atoms with Gasteiger partial charge in [-0.1, -0.05) is 0 Å². The first kappa shape index (κ1) is 14.7. The molecule has 0 amide bonds. The van der Waals surface area contributed by atoms with Gasteiger partial charge in [0.1, 0.15) is 5.69 Å². The molecule has 0 bridgehead atoms. The minimum absolute atomic E-state index is 0.100. The number of esters is 1. The number of carbonyl (C=O) groups excluding carboxylic acids is 1. The quantitative estimate of drug-likeness (QED) is 0.497. The van der Waals surface area contributed by atoms with Gasteiger partial charge in [0.15, 0.2) is 5.69 Å². The van der Waals surface area contributed by atoms with Crippen LogP contribution >= 0.6 is 0 Å². The molecule has 104 valence electrons. The van der Waals surface area contributed by atoms with Crippen LogP contribution in [0.3, 0.4) is 0 Å². The molecular formula is C10H11F2N3O4. The van der Waals surface area contributed by atoms with Gasteiger partial charge in [0.2, 0.25) is 0 Å². The summed E-state index contributed by atoms with van der Waals surface area (Å²) in [5.41, 5.74) is 2.79. The van der Waals surface area contributed by atoms with Crippen molar-refractivity contribution < 1.29 is 23.2 Å². The largest absolute Gasteiger partial charge is 0.466 e. The van der Waals surface area contributed by atoms with Crippen molar-refractivity contribution in [3.8, 4) is 0 Å². The molecule has 0 unspecified atom stereocenters. The first-order chi connectivity index (χ1) is 8.86. The standard InChI is InChI=1S/C10H11F2N3O4/c1-2-19-7(16)4-5-3-6(13)9(15(17)18)8(14-5)10(11)12/h3,10H,2,4H2,1H3,(H2,13,14). The lowest BCUT2D eigenvalue weighted by molar-refractivity contribution is -0.385. The molecule has 0 atom stereocenters. The molecular weight excluding hydrogens is 264 g/mol. The van der Waals surface area contributed by atoms with Gasteiger partial charge in [0, 0.05) is 0 Å². The van der Waals surface area contributed by atoms with Crippen LogP contribution in [0.15, 0.2) is 6.07 Å². The van der Waals surface area contributed by atoms with Gasteiger partial charge >= 0.3 is 11.7 Å². The van der Waals surface area contributed by atoms with E-state index >= 15 is 0 Å². The van der Waals surface area contributed by atoms with Crippen molar-refractivity contribution in [2.75, 3.05) is 12.3 Å². The Bertz CT molecular complexity index is 508. The Morgan fingerprint density at radius 1 is 1.63 bits per heavy atom. The number of pyridine rings is 1. The second-order valence-corrected chi connectivity index (χ2v) is 3.48. The zero-order chi connectivity index (χ0) is 14.6. The van der Waals surface area contributed by atoms with E-state index in [0.717, 1.165) is 6.07 Å². The Balaban J connectivity index is 3.17. The number of hydrogen-bond acceptors (Lipinski definition) is 6. The Hall–Kier alpha value is -2.32. The highest BCUT2D eigenvalue weighted by atomic mass is 19.3. The summed E-state index contributed by atoms with van der Waals surface area (Å²) in [5.74, 6) is -0.677. The molecule has 0 saturated carbocycles. The summed E-state index contributed by atoms with van der Waals surface area (Å²) in [6, 6.07) is 1.01. The lowest BCUT2D eigenvalue weighted by Crippen LogP contribution is -2.12. The third kappa shape index (κ3) is 3.57. The average Bonchev–Trinajstić information content (AvgIpc) is 2.27. The van der Waals surface area contributed by atoms with E-state index in [1.807, 2.05) is 0 Å². The minimum atomic E-state index is -3.16. The second-order valence-electron chi connectivity index (χ2n) is 3.48. The van der Waals surface area contributed by atoms with Crippen molar-refractivity contribution >= 4 is 17.3 Å². The number of halogens is 2. The molecule has 0 aliphatic heterocycles. The maximum absolute atomic E-state index is 12.7. The molecule has 19 heavy (non-hydrogen) atoms. The highest BCUT2D eigenvalue weighted by Gasteiger charge is 2.28. The number of aromatic nitrogens is 1. The zero-order valence-corrected chi connectivity index (χ0v) is 9.93.